The van der Waals surface area contributed by atoms with Gasteiger partial charge in [-0.1, -0.05) is 6.92 Å². The molecule has 4 atom stereocenters. The second-order valence-corrected chi connectivity index (χ2v) is 8.65. The predicted octanol–water partition coefficient (Wildman–Crippen LogP) is 1.70. The highest BCUT2D eigenvalue weighted by Crippen LogP contribution is 2.42. The lowest BCUT2D eigenvalue weighted by Crippen LogP contribution is -2.52. The largest absolute Gasteiger partial charge is 0.492 e. The molecule has 3 fully saturated rings. The second kappa shape index (κ2) is 7.13. The van der Waals surface area contributed by atoms with Crippen molar-refractivity contribution in [2.24, 2.45) is 5.92 Å². The normalized spacial score (nSPS) is 31.3. The van der Waals surface area contributed by atoms with Crippen molar-refractivity contribution in [2.75, 3.05) is 13.2 Å². The lowest BCUT2D eigenvalue weighted by atomic mass is 9.99. The number of carbonyl (C=O) groups excluding carboxylic acids is 3. The van der Waals surface area contributed by atoms with Crippen molar-refractivity contribution >= 4 is 17.7 Å². The number of likely N-dealkylation sites (N-methyl/N-ethyl adjacent to an activating group) is 1. The fraction of sp³-hybridized carbons (Fsp3) is 0.591. The van der Waals surface area contributed by atoms with E-state index < -0.39 is 6.04 Å². The van der Waals surface area contributed by atoms with Crippen LogP contribution < -0.4 is 10.1 Å². The number of rotatable bonds is 5. The Morgan fingerprint density at radius 1 is 1.17 bits per heavy atom. The van der Waals surface area contributed by atoms with Gasteiger partial charge in [0.25, 0.3) is 5.91 Å². The first-order valence-corrected chi connectivity index (χ1v) is 10.7. The van der Waals surface area contributed by atoms with Gasteiger partial charge in [-0.15, -0.1) is 0 Å². The van der Waals surface area contributed by atoms with Crippen LogP contribution >= 0.6 is 0 Å². The smallest absolute Gasteiger partial charge is 0.255 e. The Morgan fingerprint density at radius 3 is 2.83 bits per heavy atom. The first-order valence-electron chi connectivity index (χ1n) is 10.7. The van der Waals surface area contributed by atoms with E-state index in [1.807, 2.05) is 12.1 Å². The summed E-state index contributed by atoms with van der Waals surface area (Å²) in [5.74, 6) is 0.716. The molecule has 4 aliphatic rings. The molecule has 1 aliphatic carbocycles. The fourth-order valence-electron chi connectivity index (χ4n) is 5.73. The lowest BCUT2D eigenvalue weighted by Gasteiger charge is -2.34. The molecule has 154 valence electrons. The summed E-state index contributed by atoms with van der Waals surface area (Å²) in [6.45, 7) is 4.35. The summed E-state index contributed by atoms with van der Waals surface area (Å²) in [4.78, 5) is 40.5. The molecule has 5 rings (SSSR count). The number of amides is 3. The summed E-state index contributed by atoms with van der Waals surface area (Å²) in [7, 11) is 0. The van der Waals surface area contributed by atoms with Crippen LogP contribution in [-0.2, 0) is 16.1 Å². The van der Waals surface area contributed by atoms with Crippen LogP contribution in [0.2, 0.25) is 0 Å². The number of nitrogens with one attached hydrogen (secondary N) is 1. The zero-order valence-corrected chi connectivity index (χ0v) is 16.7. The maximum atomic E-state index is 12.8. The van der Waals surface area contributed by atoms with E-state index in [1.165, 1.54) is 19.3 Å². The number of likely N-dealkylation sites (tertiary alicyclic amines) is 1. The molecule has 0 unspecified atom stereocenters. The summed E-state index contributed by atoms with van der Waals surface area (Å²) in [5.41, 5.74) is 1.51. The monoisotopic (exact) mass is 397 g/mol. The summed E-state index contributed by atoms with van der Waals surface area (Å²) in [5, 5.41) is 2.34. The minimum atomic E-state index is -0.580. The topological polar surface area (TPSA) is 79.0 Å². The molecular formula is C22H27N3O4. The van der Waals surface area contributed by atoms with E-state index >= 15 is 0 Å². The van der Waals surface area contributed by atoms with Crippen LogP contribution in [0, 0.1) is 5.92 Å². The first kappa shape index (κ1) is 18.6. The average molecular weight is 397 g/mol. The van der Waals surface area contributed by atoms with E-state index in [0.717, 1.165) is 29.8 Å². The number of fused-ring (bicyclic) bond motifs is 3. The Morgan fingerprint density at radius 2 is 2.03 bits per heavy atom. The van der Waals surface area contributed by atoms with E-state index in [1.54, 1.807) is 11.0 Å². The lowest BCUT2D eigenvalue weighted by molar-refractivity contribution is -0.136. The van der Waals surface area contributed by atoms with Crippen molar-refractivity contribution in [1.29, 1.82) is 0 Å². The van der Waals surface area contributed by atoms with E-state index in [2.05, 4.69) is 17.1 Å². The van der Waals surface area contributed by atoms with Crippen LogP contribution in [0.5, 0.6) is 5.75 Å². The summed E-state index contributed by atoms with van der Waals surface area (Å²) >= 11 is 0. The third-order valence-corrected chi connectivity index (χ3v) is 7.17. The van der Waals surface area contributed by atoms with Crippen molar-refractivity contribution in [3.05, 3.63) is 29.3 Å². The van der Waals surface area contributed by atoms with Gasteiger partial charge >= 0.3 is 0 Å². The highest BCUT2D eigenvalue weighted by atomic mass is 16.5. The zero-order valence-electron chi connectivity index (χ0n) is 16.7. The number of nitrogens with zero attached hydrogens (tertiary/aromatic N) is 2. The molecule has 2 bridgehead atoms. The number of imide groups is 1. The molecule has 7 nitrogen and oxygen atoms in total. The Labute approximate surface area is 170 Å². The van der Waals surface area contributed by atoms with E-state index in [-0.39, 0.29) is 24.1 Å². The van der Waals surface area contributed by atoms with Crippen LogP contribution in [0.4, 0.5) is 0 Å². The van der Waals surface area contributed by atoms with Gasteiger partial charge in [0, 0.05) is 30.6 Å². The third kappa shape index (κ3) is 3.12. The number of ether oxygens (including phenoxy) is 1. The molecule has 1 aromatic rings. The number of hydrogen-bond donors (Lipinski definition) is 1. The predicted molar refractivity (Wildman–Crippen MR) is 105 cm³/mol. The van der Waals surface area contributed by atoms with Gasteiger partial charge in [0.15, 0.2) is 0 Å². The van der Waals surface area contributed by atoms with Crippen molar-refractivity contribution in [3.8, 4) is 5.75 Å². The molecule has 3 heterocycles. The molecule has 3 aliphatic heterocycles. The molecular weight excluding hydrogens is 370 g/mol. The Bertz CT molecular complexity index is 870. The van der Waals surface area contributed by atoms with Gasteiger partial charge < -0.3 is 9.64 Å². The zero-order chi connectivity index (χ0) is 20.1. The molecule has 1 aromatic carbocycles. The van der Waals surface area contributed by atoms with E-state index in [0.29, 0.717) is 31.2 Å². The minimum Gasteiger partial charge on any atom is -0.492 e. The molecule has 0 aromatic heterocycles. The van der Waals surface area contributed by atoms with Crippen LogP contribution in [0.15, 0.2) is 18.2 Å². The van der Waals surface area contributed by atoms with Crippen molar-refractivity contribution in [3.63, 3.8) is 0 Å². The molecule has 0 spiro atoms. The summed E-state index contributed by atoms with van der Waals surface area (Å²) in [6.07, 6.45) is 4.55. The van der Waals surface area contributed by atoms with Gasteiger partial charge in [-0.3, -0.25) is 24.6 Å². The first-order chi connectivity index (χ1) is 14.0. The minimum absolute atomic E-state index is 0.147. The number of carbonyl (C=O) groups is 3. The van der Waals surface area contributed by atoms with Crippen molar-refractivity contribution in [2.45, 2.75) is 63.7 Å². The highest BCUT2D eigenvalue weighted by molar-refractivity contribution is 6.05. The van der Waals surface area contributed by atoms with Crippen LogP contribution in [0.3, 0.4) is 0 Å². The van der Waals surface area contributed by atoms with Gasteiger partial charge in [-0.05, 0) is 61.9 Å². The van der Waals surface area contributed by atoms with Gasteiger partial charge in [0.2, 0.25) is 11.8 Å². The van der Waals surface area contributed by atoms with E-state index in [9.17, 15) is 14.4 Å². The quantitative estimate of drug-likeness (QED) is 0.765. The number of hydrogen-bond acceptors (Lipinski definition) is 5. The van der Waals surface area contributed by atoms with Crippen molar-refractivity contribution < 1.29 is 19.1 Å². The highest BCUT2D eigenvalue weighted by Gasteiger charge is 2.45. The fourth-order valence-corrected chi connectivity index (χ4v) is 5.73. The maximum absolute atomic E-state index is 12.8. The summed E-state index contributed by atoms with van der Waals surface area (Å²) in [6, 6.07) is 6.21. The van der Waals surface area contributed by atoms with Crippen LogP contribution in [0.1, 0.15) is 54.9 Å². The van der Waals surface area contributed by atoms with E-state index in [4.69, 9.17) is 4.74 Å². The molecule has 0 radical (unpaired) electrons. The maximum Gasteiger partial charge on any atom is 0.255 e. The van der Waals surface area contributed by atoms with Gasteiger partial charge in [0.1, 0.15) is 18.4 Å². The Balaban J connectivity index is 1.26. The second-order valence-electron chi connectivity index (χ2n) is 8.65. The Hall–Kier alpha value is -2.41. The molecule has 29 heavy (non-hydrogen) atoms. The van der Waals surface area contributed by atoms with Gasteiger partial charge in [-0.2, -0.15) is 0 Å². The molecule has 3 amide bonds. The number of benzene rings is 1. The van der Waals surface area contributed by atoms with Gasteiger partial charge in [0.05, 0.1) is 0 Å². The molecule has 2 saturated heterocycles. The summed E-state index contributed by atoms with van der Waals surface area (Å²) < 4.78 is 6.16. The molecule has 7 heteroatoms. The van der Waals surface area contributed by atoms with Gasteiger partial charge in [-0.25, -0.2) is 0 Å². The third-order valence-electron chi connectivity index (χ3n) is 7.17. The van der Waals surface area contributed by atoms with Crippen molar-refractivity contribution in [1.82, 2.24) is 15.1 Å². The van der Waals surface area contributed by atoms with Crippen LogP contribution in [0.25, 0.3) is 0 Å². The SMILES string of the molecule is CCN1[C@@H]2CC[C@@H](C2)[C@@H]1COc1ccc2c(c1)CN([C@@H]1CCC(=O)NC1=O)C2=O. The Kier molecular flexibility index (Phi) is 4.57. The average Bonchev–Trinajstić information content (AvgIpc) is 3.40. The molecule has 1 N–H and O–H groups in total. The number of piperidine rings is 2. The van der Waals surface area contributed by atoms with Crippen LogP contribution in [-0.4, -0.2) is 58.8 Å². The standard InChI is InChI=1S/C22H27N3O4/c1-2-24-15-4-3-13(9-15)19(24)12-29-16-5-6-17-14(10-16)11-25(22(17)28)18-7-8-20(26)23-21(18)27/h5-6,10,13,15,18-19H,2-4,7-9,11-12H2,1H3,(H,23,26,27)/t13-,15+,18+,19-/m0/s1. The molecule has 1 saturated carbocycles.